The van der Waals surface area contributed by atoms with Gasteiger partial charge in [-0.2, -0.15) is 0 Å². The second-order valence-electron chi connectivity index (χ2n) is 4.09. The van der Waals surface area contributed by atoms with Crippen LogP contribution in [-0.4, -0.2) is 30.1 Å². The lowest BCUT2D eigenvalue weighted by Gasteiger charge is -2.18. The van der Waals surface area contributed by atoms with Gasteiger partial charge >= 0.3 is 0 Å². The molecule has 0 bridgehead atoms. The van der Waals surface area contributed by atoms with Crippen LogP contribution in [0.3, 0.4) is 0 Å². The number of aromatic nitrogens is 2. The Morgan fingerprint density at radius 3 is 2.60 bits per heavy atom. The van der Waals surface area contributed by atoms with Crippen LogP contribution in [0.25, 0.3) is 0 Å². The van der Waals surface area contributed by atoms with Gasteiger partial charge in [-0.3, -0.25) is 0 Å². The molecular weight excluding hydrogens is 188 g/mol. The second kappa shape index (κ2) is 5.07. The van der Waals surface area contributed by atoms with Gasteiger partial charge in [0.05, 0.1) is 0 Å². The molecule has 4 heteroatoms. The summed E-state index contributed by atoms with van der Waals surface area (Å²) in [6, 6.07) is 1.99. The van der Waals surface area contributed by atoms with Gasteiger partial charge in [0.1, 0.15) is 11.6 Å². The summed E-state index contributed by atoms with van der Waals surface area (Å²) in [6.45, 7) is 7.64. The average molecular weight is 208 g/mol. The first-order valence-corrected chi connectivity index (χ1v) is 5.31. The lowest BCUT2D eigenvalue weighted by Crippen LogP contribution is -2.26. The number of likely N-dealkylation sites (N-methyl/N-ethyl adjacent to an activating group) is 1. The topological polar surface area (TPSA) is 55.0 Å². The molecule has 1 heterocycles. The molecule has 0 amide bonds. The molecule has 0 aliphatic heterocycles. The van der Waals surface area contributed by atoms with Gasteiger partial charge in [-0.15, -0.1) is 0 Å². The normalized spacial score (nSPS) is 10.8. The van der Waals surface area contributed by atoms with Crippen molar-refractivity contribution in [3.8, 4) is 0 Å². The standard InChI is InChI=1S/C11H20N4/c1-8(2)11-13-9(3)7-10(14-11)15(4)6-5-12/h7-8H,5-6,12H2,1-4H3. The first-order valence-electron chi connectivity index (χ1n) is 5.31. The van der Waals surface area contributed by atoms with E-state index >= 15 is 0 Å². The lowest BCUT2D eigenvalue weighted by molar-refractivity contribution is 0.754. The zero-order valence-corrected chi connectivity index (χ0v) is 9.99. The van der Waals surface area contributed by atoms with Crippen molar-refractivity contribution in [2.45, 2.75) is 26.7 Å². The van der Waals surface area contributed by atoms with Crippen molar-refractivity contribution in [2.24, 2.45) is 5.73 Å². The van der Waals surface area contributed by atoms with E-state index < -0.39 is 0 Å². The molecule has 84 valence electrons. The molecule has 0 fully saturated rings. The summed E-state index contributed by atoms with van der Waals surface area (Å²) in [5.41, 5.74) is 6.52. The van der Waals surface area contributed by atoms with Gasteiger partial charge in [-0.25, -0.2) is 9.97 Å². The SMILES string of the molecule is Cc1cc(N(C)CCN)nc(C(C)C)n1. The van der Waals surface area contributed by atoms with E-state index in [4.69, 9.17) is 5.73 Å². The van der Waals surface area contributed by atoms with E-state index in [9.17, 15) is 0 Å². The van der Waals surface area contributed by atoms with Gasteiger partial charge in [0, 0.05) is 37.8 Å². The van der Waals surface area contributed by atoms with Crippen LogP contribution in [-0.2, 0) is 0 Å². The molecule has 0 atom stereocenters. The molecule has 1 aromatic rings. The van der Waals surface area contributed by atoms with Crippen molar-refractivity contribution >= 4 is 5.82 Å². The molecule has 15 heavy (non-hydrogen) atoms. The number of hydrogen-bond donors (Lipinski definition) is 1. The summed E-state index contributed by atoms with van der Waals surface area (Å²) in [7, 11) is 2.00. The van der Waals surface area contributed by atoms with Crippen LogP contribution in [0.15, 0.2) is 6.07 Å². The first kappa shape index (κ1) is 11.9. The van der Waals surface area contributed by atoms with Gasteiger partial charge in [0.2, 0.25) is 0 Å². The van der Waals surface area contributed by atoms with Crippen LogP contribution in [0.5, 0.6) is 0 Å². The summed E-state index contributed by atoms with van der Waals surface area (Å²) in [4.78, 5) is 11.0. The van der Waals surface area contributed by atoms with Crippen LogP contribution in [0.4, 0.5) is 5.82 Å². The Bertz CT molecular complexity index is 322. The minimum atomic E-state index is 0.356. The molecule has 0 saturated heterocycles. The molecule has 4 nitrogen and oxygen atoms in total. The fourth-order valence-electron chi connectivity index (χ4n) is 1.34. The Kier molecular flexibility index (Phi) is 4.03. The van der Waals surface area contributed by atoms with Gasteiger partial charge in [0.25, 0.3) is 0 Å². The maximum absolute atomic E-state index is 5.52. The predicted molar refractivity (Wildman–Crippen MR) is 63.2 cm³/mol. The van der Waals surface area contributed by atoms with E-state index in [0.717, 1.165) is 23.9 Å². The zero-order chi connectivity index (χ0) is 11.4. The summed E-state index contributed by atoms with van der Waals surface area (Å²) in [6.07, 6.45) is 0. The molecule has 0 saturated carbocycles. The number of nitrogens with zero attached hydrogens (tertiary/aromatic N) is 3. The van der Waals surface area contributed by atoms with Crippen molar-refractivity contribution < 1.29 is 0 Å². The molecule has 0 aromatic carbocycles. The fourth-order valence-corrected chi connectivity index (χ4v) is 1.34. The van der Waals surface area contributed by atoms with Crippen molar-refractivity contribution in [2.75, 3.05) is 25.0 Å². The van der Waals surface area contributed by atoms with Gasteiger partial charge in [-0.1, -0.05) is 13.8 Å². The second-order valence-corrected chi connectivity index (χ2v) is 4.09. The van der Waals surface area contributed by atoms with Gasteiger partial charge < -0.3 is 10.6 Å². The smallest absolute Gasteiger partial charge is 0.133 e. The number of nitrogens with two attached hydrogens (primary N) is 1. The number of aryl methyl sites for hydroxylation is 1. The average Bonchev–Trinajstić information content (AvgIpc) is 2.17. The fraction of sp³-hybridized carbons (Fsp3) is 0.636. The molecule has 0 spiro atoms. The highest BCUT2D eigenvalue weighted by atomic mass is 15.2. The third kappa shape index (κ3) is 3.16. The van der Waals surface area contributed by atoms with Crippen LogP contribution in [0.1, 0.15) is 31.3 Å². The van der Waals surface area contributed by atoms with E-state index in [1.54, 1.807) is 0 Å². The Morgan fingerprint density at radius 2 is 2.07 bits per heavy atom. The molecule has 1 rings (SSSR count). The summed E-state index contributed by atoms with van der Waals surface area (Å²) >= 11 is 0. The highest BCUT2D eigenvalue weighted by molar-refractivity contribution is 5.38. The Hall–Kier alpha value is -1.16. The third-order valence-corrected chi connectivity index (χ3v) is 2.23. The van der Waals surface area contributed by atoms with Crippen molar-refractivity contribution in [3.63, 3.8) is 0 Å². The highest BCUT2D eigenvalue weighted by Crippen LogP contribution is 2.15. The largest absolute Gasteiger partial charge is 0.358 e. The molecule has 1 aromatic heterocycles. The van der Waals surface area contributed by atoms with Crippen molar-refractivity contribution in [1.82, 2.24) is 9.97 Å². The van der Waals surface area contributed by atoms with Crippen molar-refractivity contribution in [3.05, 3.63) is 17.6 Å². The molecule has 0 aliphatic rings. The molecular formula is C11H20N4. The highest BCUT2D eigenvalue weighted by Gasteiger charge is 2.08. The molecule has 0 aliphatic carbocycles. The molecule has 0 unspecified atom stereocenters. The summed E-state index contributed by atoms with van der Waals surface area (Å²) < 4.78 is 0. The monoisotopic (exact) mass is 208 g/mol. The number of hydrogen-bond acceptors (Lipinski definition) is 4. The van der Waals surface area contributed by atoms with Crippen LogP contribution in [0, 0.1) is 6.92 Å². The Morgan fingerprint density at radius 1 is 1.40 bits per heavy atom. The van der Waals surface area contributed by atoms with Crippen LogP contribution in [0.2, 0.25) is 0 Å². The Labute approximate surface area is 91.5 Å². The van der Waals surface area contributed by atoms with E-state index in [0.29, 0.717) is 12.5 Å². The van der Waals surface area contributed by atoms with E-state index in [2.05, 4.69) is 28.7 Å². The summed E-state index contributed by atoms with van der Waals surface area (Å²) in [5, 5.41) is 0. The molecule has 2 N–H and O–H groups in total. The number of rotatable bonds is 4. The Balaban J connectivity index is 2.98. The summed E-state index contributed by atoms with van der Waals surface area (Å²) in [5.74, 6) is 2.21. The lowest BCUT2D eigenvalue weighted by atomic mass is 10.2. The predicted octanol–water partition coefficient (Wildman–Crippen LogP) is 1.30. The van der Waals surface area contributed by atoms with Crippen LogP contribution >= 0.6 is 0 Å². The first-order chi connectivity index (χ1) is 7.04. The minimum absolute atomic E-state index is 0.356. The molecule has 0 radical (unpaired) electrons. The zero-order valence-electron chi connectivity index (χ0n) is 9.99. The third-order valence-electron chi connectivity index (χ3n) is 2.23. The van der Waals surface area contributed by atoms with Gasteiger partial charge in [-0.05, 0) is 6.92 Å². The minimum Gasteiger partial charge on any atom is -0.358 e. The number of anilines is 1. The van der Waals surface area contributed by atoms with E-state index in [1.165, 1.54) is 0 Å². The van der Waals surface area contributed by atoms with Gasteiger partial charge in [0.15, 0.2) is 0 Å². The maximum atomic E-state index is 5.52. The van der Waals surface area contributed by atoms with E-state index in [-0.39, 0.29) is 0 Å². The van der Waals surface area contributed by atoms with Crippen molar-refractivity contribution in [1.29, 1.82) is 0 Å². The maximum Gasteiger partial charge on any atom is 0.133 e. The van der Waals surface area contributed by atoms with E-state index in [1.807, 2.05) is 20.0 Å². The quantitative estimate of drug-likeness (QED) is 0.810. The van der Waals surface area contributed by atoms with Crippen LogP contribution < -0.4 is 10.6 Å².